The molecule has 0 aromatic carbocycles. The first-order valence-electron chi connectivity index (χ1n) is 10.2. The number of hydrogen-bond donors (Lipinski definition) is 0. The summed E-state index contributed by atoms with van der Waals surface area (Å²) < 4.78 is 10.6. The zero-order valence-electron chi connectivity index (χ0n) is 17.1. The highest BCUT2D eigenvalue weighted by Gasteiger charge is 2.28. The molecule has 2 fully saturated rings. The van der Waals surface area contributed by atoms with Gasteiger partial charge in [-0.05, 0) is 30.7 Å². The fourth-order valence-corrected chi connectivity index (χ4v) is 4.89. The van der Waals surface area contributed by atoms with Crippen LogP contribution in [0.15, 0.2) is 30.6 Å². The van der Waals surface area contributed by atoms with Crippen LogP contribution >= 0.6 is 11.3 Å². The Morgan fingerprint density at radius 2 is 1.73 bits per heavy atom. The van der Waals surface area contributed by atoms with E-state index in [1.54, 1.807) is 24.2 Å². The zero-order chi connectivity index (χ0) is 20.9. The molecule has 2 saturated heterocycles. The van der Waals surface area contributed by atoms with Gasteiger partial charge in [0.25, 0.3) is 5.91 Å². The van der Waals surface area contributed by atoms with E-state index in [1.165, 1.54) is 11.3 Å². The number of amides is 2. The minimum atomic E-state index is -0.310. The summed E-state index contributed by atoms with van der Waals surface area (Å²) in [7, 11) is 0. The van der Waals surface area contributed by atoms with Gasteiger partial charge in [0.15, 0.2) is 0 Å². The van der Waals surface area contributed by atoms with Crippen LogP contribution in [0.1, 0.15) is 16.6 Å². The molecule has 0 atom stereocenters. The quantitative estimate of drug-likeness (QED) is 0.742. The Kier molecular flexibility index (Phi) is 6.49. The van der Waals surface area contributed by atoms with E-state index in [1.807, 2.05) is 23.1 Å². The molecule has 4 rings (SSSR count). The van der Waals surface area contributed by atoms with Gasteiger partial charge >= 0.3 is 6.09 Å². The van der Waals surface area contributed by atoms with Crippen LogP contribution in [0.25, 0.3) is 11.1 Å². The number of thiophene rings is 1. The molecule has 9 heteroatoms. The first-order chi connectivity index (χ1) is 14.7. The third-order valence-corrected chi connectivity index (χ3v) is 6.49. The lowest BCUT2D eigenvalue weighted by molar-refractivity contribution is 0.0574. The van der Waals surface area contributed by atoms with Gasteiger partial charge < -0.3 is 24.2 Å². The highest BCUT2D eigenvalue weighted by molar-refractivity contribution is 7.18. The van der Waals surface area contributed by atoms with E-state index < -0.39 is 0 Å². The number of morpholine rings is 1. The fraction of sp³-hybridized carbons (Fsp3) is 0.476. The third kappa shape index (κ3) is 4.41. The van der Waals surface area contributed by atoms with Gasteiger partial charge in [-0.15, -0.1) is 11.3 Å². The maximum Gasteiger partial charge on any atom is 0.409 e. The van der Waals surface area contributed by atoms with E-state index in [0.29, 0.717) is 50.9 Å². The number of hydrogen-bond acceptors (Lipinski definition) is 7. The Morgan fingerprint density at radius 3 is 2.40 bits per heavy atom. The molecule has 0 aliphatic carbocycles. The molecule has 2 aromatic heterocycles. The molecule has 30 heavy (non-hydrogen) atoms. The van der Waals surface area contributed by atoms with Crippen LogP contribution in [0.2, 0.25) is 0 Å². The second-order valence-corrected chi connectivity index (χ2v) is 8.17. The van der Waals surface area contributed by atoms with Gasteiger partial charge in [0, 0.05) is 57.2 Å². The average Bonchev–Trinajstić information content (AvgIpc) is 3.25. The Balaban J connectivity index is 1.53. The number of aromatic nitrogens is 1. The summed E-state index contributed by atoms with van der Waals surface area (Å²) in [4.78, 5) is 35.7. The average molecular weight is 431 g/mol. The van der Waals surface area contributed by atoms with Crippen molar-refractivity contribution >= 4 is 28.3 Å². The van der Waals surface area contributed by atoms with Crippen molar-refractivity contribution in [3.05, 3.63) is 35.5 Å². The second kappa shape index (κ2) is 9.44. The second-order valence-electron chi connectivity index (χ2n) is 7.14. The third-order valence-electron chi connectivity index (χ3n) is 5.31. The Labute approximate surface area is 180 Å². The van der Waals surface area contributed by atoms with Crippen molar-refractivity contribution < 1.29 is 19.1 Å². The Hall–Kier alpha value is -2.65. The molecule has 0 unspecified atom stereocenters. The predicted molar refractivity (Wildman–Crippen MR) is 115 cm³/mol. The molecule has 0 spiro atoms. The van der Waals surface area contributed by atoms with Crippen LogP contribution in [-0.2, 0) is 9.47 Å². The van der Waals surface area contributed by atoms with Gasteiger partial charge in [-0.1, -0.05) is 0 Å². The van der Waals surface area contributed by atoms with Gasteiger partial charge in [0.05, 0.1) is 29.7 Å². The van der Waals surface area contributed by atoms with Crippen molar-refractivity contribution in [2.24, 2.45) is 0 Å². The zero-order valence-corrected chi connectivity index (χ0v) is 17.9. The van der Waals surface area contributed by atoms with Gasteiger partial charge in [0.1, 0.15) is 0 Å². The lowest BCUT2D eigenvalue weighted by Gasteiger charge is -2.33. The molecular weight excluding hydrogens is 404 g/mol. The molecule has 0 bridgehead atoms. The maximum absolute atomic E-state index is 13.2. The van der Waals surface area contributed by atoms with Gasteiger partial charge in [-0.2, -0.15) is 0 Å². The van der Waals surface area contributed by atoms with Crippen molar-refractivity contribution in [3.63, 3.8) is 0 Å². The normalized spacial score (nSPS) is 17.2. The number of anilines is 1. The molecule has 0 N–H and O–H groups in total. The minimum absolute atomic E-state index is 0.0123. The summed E-state index contributed by atoms with van der Waals surface area (Å²) >= 11 is 1.53. The molecule has 0 radical (unpaired) electrons. The highest BCUT2D eigenvalue weighted by Crippen LogP contribution is 2.39. The number of carbonyl (C=O) groups is 2. The smallest absolute Gasteiger partial charge is 0.409 e. The lowest BCUT2D eigenvalue weighted by atomic mass is 10.1. The maximum atomic E-state index is 13.2. The first-order valence-corrected chi connectivity index (χ1v) is 11.1. The summed E-state index contributed by atoms with van der Waals surface area (Å²) in [6.07, 6.45) is 3.23. The minimum Gasteiger partial charge on any atom is -0.450 e. The standard InChI is InChI=1S/C21H26N4O4S/c1-2-29-21(27)25-9-7-23(8-10-25)19(26)18-15-17(16-3-5-22-6-4-16)20(30-18)24-11-13-28-14-12-24/h3-6,15H,2,7-14H2,1H3. The van der Waals surface area contributed by atoms with Crippen LogP contribution in [0.3, 0.4) is 0 Å². The fourth-order valence-electron chi connectivity index (χ4n) is 3.69. The van der Waals surface area contributed by atoms with E-state index in [-0.39, 0.29) is 12.0 Å². The van der Waals surface area contributed by atoms with Gasteiger partial charge in [-0.3, -0.25) is 9.78 Å². The van der Waals surface area contributed by atoms with Crippen LogP contribution in [0, 0.1) is 0 Å². The predicted octanol–water partition coefficient (Wildman–Crippen LogP) is 2.56. The Morgan fingerprint density at radius 1 is 1.07 bits per heavy atom. The van der Waals surface area contributed by atoms with Crippen molar-refractivity contribution in [2.45, 2.75) is 6.92 Å². The Bertz CT molecular complexity index is 874. The number of piperazine rings is 1. The van der Waals surface area contributed by atoms with E-state index >= 15 is 0 Å². The van der Waals surface area contributed by atoms with Crippen molar-refractivity contribution in [2.75, 3.05) is 64.0 Å². The van der Waals surface area contributed by atoms with Gasteiger partial charge in [0.2, 0.25) is 0 Å². The molecule has 160 valence electrons. The molecule has 2 amide bonds. The van der Waals surface area contributed by atoms with E-state index in [0.717, 1.165) is 29.2 Å². The highest BCUT2D eigenvalue weighted by atomic mass is 32.1. The monoisotopic (exact) mass is 430 g/mol. The molecule has 2 aromatic rings. The first kappa shape index (κ1) is 20.6. The number of ether oxygens (including phenoxy) is 2. The van der Waals surface area contributed by atoms with Crippen molar-refractivity contribution in [1.82, 2.24) is 14.8 Å². The van der Waals surface area contributed by atoms with Crippen molar-refractivity contribution in [3.8, 4) is 11.1 Å². The molecule has 4 heterocycles. The molecular formula is C21H26N4O4S. The molecule has 0 saturated carbocycles. The van der Waals surface area contributed by atoms with Crippen LogP contribution in [-0.4, -0.2) is 85.9 Å². The summed E-state index contributed by atoms with van der Waals surface area (Å²) in [5.41, 5.74) is 2.10. The van der Waals surface area contributed by atoms with Crippen LogP contribution < -0.4 is 4.90 Å². The van der Waals surface area contributed by atoms with Crippen LogP contribution in [0.4, 0.5) is 9.80 Å². The number of carbonyl (C=O) groups excluding carboxylic acids is 2. The molecule has 2 aliphatic rings. The topological polar surface area (TPSA) is 75.2 Å². The molecule has 2 aliphatic heterocycles. The number of nitrogens with zero attached hydrogens (tertiary/aromatic N) is 4. The summed E-state index contributed by atoms with van der Waals surface area (Å²) in [6.45, 7) is 7.14. The lowest BCUT2D eigenvalue weighted by Crippen LogP contribution is -2.50. The number of pyridine rings is 1. The molecule has 8 nitrogen and oxygen atoms in total. The summed E-state index contributed by atoms with van der Waals surface area (Å²) in [6, 6.07) is 5.93. The van der Waals surface area contributed by atoms with Crippen LogP contribution in [0.5, 0.6) is 0 Å². The summed E-state index contributed by atoms with van der Waals surface area (Å²) in [5.74, 6) is 0.0123. The SMILES string of the molecule is CCOC(=O)N1CCN(C(=O)c2cc(-c3ccncc3)c(N3CCOCC3)s2)CC1. The largest absolute Gasteiger partial charge is 0.450 e. The van der Waals surface area contributed by atoms with Crippen molar-refractivity contribution in [1.29, 1.82) is 0 Å². The number of rotatable bonds is 4. The van der Waals surface area contributed by atoms with E-state index in [2.05, 4.69) is 9.88 Å². The van der Waals surface area contributed by atoms with E-state index in [9.17, 15) is 9.59 Å². The van der Waals surface area contributed by atoms with Gasteiger partial charge in [-0.25, -0.2) is 4.79 Å². The van der Waals surface area contributed by atoms with E-state index in [4.69, 9.17) is 9.47 Å². The summed E-state index contributed by atoms with van der Waals surface area (Å²) in [5, 5.41) is 1.10.